The van der Waals surface area contributed by atoms with Crippen LogP contribution in [0.4, 0.5) is 4.39 Å². The van der Waals surface area contributed by atoms with Crippen molar-refractivity contribution < 1.29 is 23.5 Å². The fraction of sp³-hybridized carbons (Fsp3) is 0.630. The van der Waals surface area contributed by atoms with Crippen molar-refractivity contribution >= 4 is 24.2 Å². The molecule has 0 radical (unpaired) electrons. The second-order valence-electron chi connectivity index (χ2n) is 10.2. The molecule has 0 spiro atoms. The van der Waals surface area contributed by atoms with Crippen LogP contribution in [-0.2, 0) is 20.7 Å². The van der Waals surface area contributed by atoms with Crippen LogP contribution in [0.25, 0.3) is 5.69 Å². The van der Waals surface area contributed by atoms with Crippen molar-refractivity contribution in [3.63, 3.8) is 0 Å². The predicted octanol–water partition coefficient (Wildman–Crippen LogP) is 2.48. The molecule has 216 valence electrons. The fourth-order valence-corrected chi connectivity index (χ4v) is 5.35. The first-order valence-electron chi connectivity index (χ1n) is 13.5. The normalized spacial score (nSPS) is 19.6. The van der Waals surface area contributed by atoms with E-state index in [1.165, 1.54) is 10.7 Å². The summed E-state index contributed by atoms with van der Waals surface area (Å²) in [6, 6.07) is 6.02. The molecule has 0 aliphatic carbocycles. The van der Waals surface area contributed by atoms with Crippen molar-refractivity contribution in [1.82, 2.24) is 30.1 Å². The van der Waals surface area contributed by atoms with Crippen LogP contribution in [0.1, 0.15) is 49.3 Å². The molecule has 0 bridgehead atoms. The van der Waals surface area contributed by atoms with Gasteiger partial charge in [0.15, 0.2) is 5.69 Å². The lowest BCUT2D eigenvalue weighted by Crippen LogP contribution is -2.57. The first-order valence-corrected chi connectivity index (χ1v) is 13.5. The molecule has 2 aliphatic rings. The molecule has 1 N–H and O–H groups in total. The van der Waals surface area contributed by atoms with Gasteiger partial charge in [0.25, 0.3) is 5.91 Å². The number of ether oxygens (including phenoxy) is 2. The standard InChI is InChI=1S/C27H39FN6O4.ClH/c1-19(2)33(21-16-20(17-29-18-21)26(35)32-11-14-38-15-12-32)27(36)25-24(10-6-7-13-37-3)34(31-30-25)23-9-5-4-8-22(23)28;/h4-5,8-9,19-21,29H,6-7,10-18H2,1-3H3;1H/t20-,21+;/m1./s1. The number of para-hydroxylation sites is 1. The number of aromatic nitrogens is 3. The van der Waals surface area contributed by atoms with Crippen molar-refractivity contribution in [2.75, 3.05) is 53.1 Å². The molecule has 2 fully saturated rings. The molecule has 2 aliphatic heterocycles. The zero-order valence-corrected chi connectivity index (χ0v) is 23.8. The predicted molar refractivity (Wildman–Crippen MR) is 147 cm³/mol. The summed E-state index contributed by atoms with van der Waals surface area (Å²) in [5.74, 6) is -0.804. The van der Waals surface area contributed by atoms with Gasteiger partial charge in [-0.2, -0.15) is 0 Å². The SMILES string of the molecule is COCCCCc1c(C(=O)N(C(C)C)[C@@H]2CNC[C@H](C(=O)N3CCOCC3)C2)nnn1-c1ccccc1F.Cl. The quantitative estimate of drug-likeness (QED) is 0.441. The second kappa shape index (κ2) is 14.7. The van der Waals surface area contributed by atoms with E-state index in [0.29, 0.717) is 64.5 Å². The number of methoxy groups -OCH3 is 1. The number of unbranched alkanes of at least 4 members (excludes halogenated alkanes) is 1. The van der Waals surface area contributed by atoms with Crippen LogP contribution in [-0.4, -0.2) is 102 Å². The lowest BCUT2D eigenvalue weighted by molar-refractivity contribution is -0.140. The molecular weight excluding hydrogens is 527 g/mol. The minimum atomic E-state index is -0.434. The third-order valence-electron chi connectivity index (χ3n) is 7.24. The fourth-order valence-electron chi connectivity index (χ4n) is 5.35. The number of nitrogens with zero attached hydrogens (tertiary/aromatic N) is 5. The van der Waals surface area contributed by atoms with E-state index in [1.807, 2.05) is 18.7 Å². The number of rotatable bonds is 10. The summed E-state index contributed by atoms with van der Waals surface area (Å²) in [6.45, 7) is 7.98. The average Bonchev–Trinajstić information content (AvgIpc) is 3.35. The Hall–Kier alpha value is -2.60. The van der Waals surface area contributed by atoms with E-state index in [4.69, 9.17) is 9.47 Å². The summed E-state index contributed by atoms with van der Waals surface area (Å²) in [7, 11) is 1.65. The Kier molecular flexibility index (Phi) is 11.7. The Morgan fingerprint density at radius 1 is 1.21 bits per heavy atom. The van der Waals surface area contributed by atoms with Gasteiger partial charge in [0, 0.05) is 52.0 Å². The zero-order valence-electron chi connectivity index (χ0n) is 23.0. The number of piperidine rings is 1. The summed E-state index contributed by atoms with van der Waals surface area (Å²) in [5.41, 5.74) is 1.06. The van der Waals surface area contributed by atoms with Gasteiger partial charge in [0.05, 0.1) is 24.8 Å². The van der Waals surface area contributed by atoms with Gasteiger partial charge < -0.3 is 24.6 Å². The van der Waals surface area contributed by atoms with Gasteiger partial charge in [-0.3, -0.25) is 9.59 Å². The molecule has 4 rings (SSSR count). The third kappa shape index (κ3) is 7.33. The highest BCUT2D eigenvalue weighted by Crippen LogP contribution is 2.25. The van der Waals surface area contributed by atoms with Gasteiger partial charge in [0.1, 0.15) is 11.5 Å². The molecular formula is C27H40ClFN6O4. The monoisotopic (exact) mass is 566 g/mol. The summed E-state index contributed by atoms with van der Waals surface area (Å²) >= 11 is 0. The highest BCUT2D eigenvalue weighted by molar-refractivity contribution is 5.94. The maximum Gasteiger partial charge on any atom is 0.276 e. The first-order chi connectivity index (χ1) is 18.4. The van der Waals surface area contributed by atoms with Crippen LogP contribution in [0.2, 0.25) is 0 Å². The first kappa shape index (κ1) is 30.9. The van der Waals surface area contributed by atoms with Crippen molar-refractivity contribution in [3.8, 4) is 5.69 Å². The smallest absolute Gasteiger partial charge is 0.276 e. The van der Waals surface area contributed by atoms with Crippen molar-refractivity contribution in [3.05, 3.63) is 41.5 Å². The summed E-state index contributed by atoms with van der Waals surface area (Å²) in [6.07, 6.45) is 2.59. The van der Waals surface area contributed by atoms with Crippen LogP contribution >= 0.6 is 12.4 Å². The number of hydrogen-bond acceptors (Lipinski definition) is 7. The Morgan fingerprint density at radius 3 is 2.64 bits per heavy atom. The van der Waals surface area contributed by atoms with E-state index in [9.17, 15) is 14.0 Å². The Balaban J connectivity index is 0.00000420. The van der Waals surface area contributed by atoms with E-state index >= 15 is 0 Å². The highest BCUT2D eigenvalue weighted by Gasteiger charge is 2.38. The molecule has 1 aromatic carbocycles. The number of benzene rings is 1. The molecule has 2 amide bonds. The molecule has 39 heavy (non-hydrogen) atoms. The molecule has 2 atom stereocenters. The largest absolute Gasteiger partial charge is 0.385 e. The van der Waals surface area contributed by atoms with Crippen molar-refractivity contribution in [2.24, 2.45) is 5.92 Å². The molecule has 0 saturated carbocycles. The zero-order chi connectivity index (χ0) is 27.1. The van der Waals surface area contributed by atoms with Crippen molar-refractivity contribution in [1.29, 1.82) is 0 Å². The molecule has 1 aromatic heterocycles. The minimum absolute atomic E-state index is 0. The summed E-state index contributed by atoms with van der Waals surface area (Å²) < 4.78 is 26.7. The van der Waals surface area contributed by atoms with Crippen LogP contribution in [0, 0.1) is 11.7 Å². The number of carbonyl (C=O) groups excluding carboxylic acids is 2. The number of halogens is 2. The highest BCUT2D eigenvalue weighted by atomic mass is 35.5. The maximum absolute atomic E-state index is 14.7. The van der Waals surface area contributed by atoms with E-state index in [2.05, 4.69) is 15.6 Å². The Labute approximate surface area is 235 Å². The van der Waals surface area contributed by atoms with E-state index in [1.54, 1.807) is 30.2 Å². The van der Waals surface area contributed by atoms with Crippen LogP contribution in [0.5, 0.6) is 0 Å². The molecule has 2 aromatic rings. The minimum Gasteiger partial charge on any atom is -0.385 e. The van der Waals surface area contributed by atoms with Crippen molar-refractivity contribution in [2.45, 2.75) is 51.6 Å². The van der Waals surface area contributed by atoms with E-state index in [0.717, 1.165) is 12.8 Å². The van der Waals surface area contributed by atoms with E-state index < -0.39 is 5.82 Å². The lowest BCUT2D eigenvalue weighted by Gasteiger charge is -2.41. The van der Waals surface area contributed by atoms with E-state index in [-0.39, 0.29) is 53.6 Å². The number of hydrogen-bond donors (Lipinski definition) is 1. The number of carbonyl (C=O) groups is 2. The number of amides is 2. The van der Waals surface area contributed by atoms with Gasteiger partial charge >= 0.3 is 0 Å². The maximum atomic E-state index is 14.7. The molecule has 12 heteroatoms. The summed E-state index contributed by atoms with van der Waals surface area (Å²) in [5, 5.41) is 11.9. The van der Waals surface area contributed by atoms with Crippen LogP contribution in [0.15, 0.2) is 24.3 Å². The Bertz CT molecular complexity index is 1090. The van der Waals surface area contributed by atoms with Gasteiger partial charge in [-0.1, -0.05) is 17.3 Å². The molecule has 3 heterocycles. The van der Waals surface area contributed by atoms with Gasteiger partial charge in [-0.15, -0.1) is 17.5 Å². The topological polar surface area (TPSA) is 102 Å². The number of nitrogens with one attached hydrogen (secondary N) is 1. The third-order valence-corrected chi connectivity index (χ3v) is 7.24. The second-order valence-corrected chi connectivity index (χ2v) is 10.2. The number of morpholine rings is 1. The van der Waals surface area contributed by atoms with Crippen LogP contribution in [0.3, 0.4) is 0 Å². The molecule has 0 unspecified atom stereocenters. The summed E-state index contributed by atoms with van der Waals surface area (Å²) in [4.78, 5) is 30.9. The Morgan fingerprint density at radius 2 is 1.95 bits per heavy atom. The molecule has 2 saturated heterocycles. The van der Waals surface area contributed by atoms with Gasteiger partial charge in [0.2, 0.25) is 5.91 Å². The molecule has 10 nitrogen and oxygen atoms in total. The van der Waals surface area contributed by atoms with Crippen LogP contribution < -0.4 is 5.32 Å². The van der Waals surface area contributed by atoms with Gasteiger partial charge in [-0.25, -0.2) is 9.07 Å². The average molecular weight is 567 g/mol. The van der Waals surface area contributed by atoms with Gasteiger partial charge in [-0.05, 0) is 51.7 Å². The lowest BCUT2D eigenvalue weighted by atomic mass is 9.92.